The quantitative estimate of drug-likeness (QED) is 0.601. The molecule has 0 unspecified atom stereocenters. The summed E-state index contributed by atoms with van der Waals surface area (Å²) in [7, 11) is -8.32. The standard InChI is InChI=1S/C9H10BrFN2O6S2/c10-5-3-6(9(14)15)8(11)7(4-5)21(18,19)13-1-2-20(12,16)17/h3-4,13H,1-2H2,(H,14,15)(H2,12,16,17). The Morgan fingerprint density at radius 3 is 2.38 bits per heavy atom. The highest BCUT2D eigenvalue weighted by atomic mass is 79.9. The lowest BCUT2D eigenvalue weighted by atomic mass is 10.2. The van der Waals surface area contributed by atoms with E-state index in [4.69, 9.17) is 10.2 Å². The van der Waals surface area contributed by atoms with Crippen LogP contribution >= 0.6 is 15.9 Å². The molecule has 0 atom stereocenters. The van der Waals surface area contributed by atoms with Crippen LogP contribution in [0.15, 0.2) is 21.5 Å². The average Bonchev–Trinajstić information content (AvgIpc) is 2.29. The van der Waals surface area contributed by atoms with E-state index in [1.807, 2.05) is 4.72 Å². The van der Waals surface area contributed by atoms with Crippen LogP contribution in [-0.4, -0.2) is 40.2 Å². The third-order valence-corrected chi connectivity index (χ3v) is 4.89. The fourth-order valence-corrected chi connectivity index (χ4v) is 3.59. The third-order valence-electron chi connectivity index (χ3n) is 2.20. The zero-order chi connectivity index (χ0) is 16.4. The molecule has 8 nitrogen and oxygen atoms in total. The van der Waals surface area contributed by atoms with Crippen molar-refractivity contribution in [2.45, 2.75) is 4.90 Å². The predicted molar refractivity (Wildman–Crippen MR) is 74.2 cm³/mol. The maximum Gasteiger partial charge on any atom is 0.338 e. The fourth-order valence-electron chi connectivity index (χ4n) is 1.31. The van der Waals surface area contributed by atoms with Gasteiger partial charge in [0.05, 0.1) is 11.3 Å². The van der Waals surface area contributed by atoms with Crippen LogP contribution in [0, 0.1) is 5.82 Å². The van der Waals surface area contributed by atoms with E-state index in [1.54, 1.807) is 0 Å². The van der Waals surface area contributed by atoms with Crippen molar-refractivity contribution >= 4 is 41.9 Å². The monoisotopic (exact) mass is 404 g/mol. The Bertz CT molecular complexity index is 778. The van der Waals surface area contributed by atoms with Crippen molar-refractivity contribution in [2.24, 2.45) is 5.14 Å². The van der Waals surface area contributed by atoms with Gasteiger partial charge in [0.15, 0.2) is 5.82 Å². The summed E-state index contributed by atoms with van der Waals surface area (Å²) in [6.45, 7) is -0.574. The Balaban J connectivity index is 3.17. The zero-order valence-electron chi connectivity index (χ0n) is 10.2. The average molecular weight is 405 g/mol. The lowest BCUT2D eigenvalue weighted by Gasteiger charge is -2.09. The Hall–Kier alpha value is -1.08. The molecule has 0 saturated heterocycles. The smallest absolute Gasteiger partial charge is 0.338 e. The Morgan fingerprint density at radius 2 is 1.90 bits per heavy atom. The predicted octanol–water partition coefficient (Wildman–Crippen LogP) is -0.147. The molecule has 0 aliphatic carbocycles. The van der Waals surface area contributed by atoms with Gasteiger partial charge in [0, 0.05) is 11.0 Å². The maximum absolute atomic E-state index is 13.9. The second-order valence-corrected chi connectivity index (χ2v) is 8.22. The molecule has 12 heteroatoms. The van der Waals surface area contributed by atoms with E-state index in [0.29, 0.717) is 0 Å². The number of aromatic carboxylic acids is 1. The lowest BCUT2D eigenvalue weighted by Crippen LogP contribution is -2.32. The van der Waals surface area contributed by atoms with Gasteiger partial charge >= 0.3 is 5.97 Å². The number of hydrogen-bond acceptors (Lipinski definition) is 5. The molecule has 0 saturated carbocycles. The van der Waals surface area contributed by atoms with Crippen molar-refractivity contribution in [1.82, 2.24) is 4.72 Å². The van der Waals surface area contributed by atoms with Crippen LogP contribution in [0.3, 0.4) is 0 Å². The van der Waals surface area contributed by atoms with Gasteiger partial charge in [-0.25, -0.2) is 35.9 Å². The van der Waals surface area contributed by atoms with E-state index < -0.39 is 54.6 Å². The van der Waals surface area contributed by atoms with E-state index in [2.05, 4.69) is 15.9 Å². The summed E-state index contributed by atoms with van der Waals surface area (Å²) in [5.41, 5.74) is -0.837. The number of hydrogen-bond donors (Lipinski definition) is 3. The van der Waals surface area contributed by atoms with Crippen molar-refractivity contribution in [3.05, 3.63) is 28.0 Å². The van der Waals surface area contributed by atoms with Gasteiger partial charge in [-0.3, -0.25) is 0 Å². The Kier molecular flexibility index (Phi) is 5.44. The number of primary sulfonamides is 1. The summed E-state index contributed by atoms with van der Waals surface area (Å²) in [5, 5.41) is 13.5. The van der Waals surface area contributed by atoms with E-state index >= 15 is 0 Å². The molecular formula is C9H10BrFN2O6S2. The summed E-state index contributed by atoms with van der Waals surface area (Å²) in [6, 6.07) is 1.77. The number of nitrogens with one attached hydrogen (secondary N) is 1. The van der Waals surface area contributed by atoms with Gasteiger partial charge in [0.1, 0.15) is 4.90 Å². The summed E-state index contributed by atoms with van der Waals surface area (Å²) in [5.74, 6) is -3.78. The molecule has 21 heavy (non-hydrogen) atoms. The molecule has 0 bridgehead atoms. The van der Waals surface area contributed by atoms with Gasteiger partial charge < -0.3 is 5.11 Å². The molecule has 0 heterocycles. The van der Waals surface area contributed by atoms with Crippen LogP contribution in [0.2, 0.25) is 0 Å². The third kappa shape index (κ3) is 5.00. The van der Waals surface area contributed by atoms with Crippen LogP contribution in [0.4, 0.5) is 4.39 Å². The van der Waals surface area contributed by atoms with Crippen LogP contribution in [0.25, 0.3) is 0 Å². The molecule has 0 aliphatic rings. The van der Waals surface area contributed by atoms with Crippen LogP contribution in [0.1, 0.15) is 10.4 Å². The summed E-state index contributed by atoms with van der Waals surface area (Å²) >= 11 is 2.87. The molecule has 0 amide bonds. The lowest BCUT2D eigenvalue weighted by molar-refractivity contribution is 0.0691. The normalized spacial score (nSPS) is 12.3. The summed E-state index contributed by atoms with van der Waals surface area (Å²) < 4.78 is 60.9. The van der Waals surface area contributed by atoms with Gasteiger partial charge in [0.25, 0.3) is 0 Å². The zero-order valence-corrected chi connectivity index (χ0v) is 13.4. The fraction of sp³-hybridized carbons (Fsp3) is 0.222. The number of carboxylic acid groups (broad SMARTS) is 1. The Labute approximate surface area is 128 Å². The number of rotatable bonds is 6. The first kappa shape index (κ1) is 18.0. The molecule has 1 aromatic rings. The van der Waals surface area contributed by atoms with Crippen LogP contribution < -0.4 is 9.86 Å². The van der Waals surface area contributed by atoms with Crippen molar-refractivity contribution < 1.29 is 31.1 Å². The number of halogens is 2. The minimum atomic E-state index is -4.43. The van der Waals surface area contributed by atoms with E-state index in [0.717, 1.165) is 12.1 Å². The first-order valence-electron chi connectivity index (χ1n) is 5.16. The van der Waals surface area contributed by atoms with Crippen LogP contribution in [-0.2, 0) is 20.0 Å². The highest BCUT2D eigenvalue weighted by Crippen LogP contribution is 2.24. The molecule has 1 aromatic carbocycles. The highest BCUT2D eigenvalue weighted by molar-refractivity contribution is 9.10. The van der Waals surface area contributed by atoms with Gasteiger partial charge in [-0.1, -0.05) is 15.9 Å². The molecule has 0 radical (unpaired) electrons. The molecule has 0 aromatic heterocycles. The molecule has 0 fully saturated rings. The van der Waals surface area contributed by atoms with E-state index in [9.17, 15) is 26.0 Å². The summed E-state index contributed by atoms with van der Waals surface area (Å²) in [6.07, 6.45) is 0. The van der Waals surface area contributed by atoms with Crippen LogP contribution in [0.5, 0.6) is 0 Å². The SMILES string of the molecule is NS(=O)(=O)CCNS(=O)(=O)c1cc(Br)cc(C(=O)O)c1F. The second kappa shape index (κ2) is 6.36. The van der Waals surface area contributed by atoms with Gasteiger partial charge in [0.2, 0.25) is 20.0 Å². The maximum atomic E-state index is 13.9. The minimum absolute atomic E-state index is 0.0353. The molecular weight excluding hydrogens is 395 g/mol. The number of nitrogens with two attached hydrogens (primary N) is 1. The van der Waals surface area contributed by atoms with Crippen molar-refractivity contribution in [3.63, 3.8) is 0 Å². The van der Waals surface area contributed by atoms with Gasteiger partial charge in [-0.15, -0.1) is 0 Å². The largest absolute Gasteiger partial charge is 0.478 e. The van der Waals surface area contributed by atoms with Gasteiger partial charge in [-0.05, 0) is 12.1 Å². The molecule has 0 aliphatic heterocycles. The number of sulfonamides is 2. The van der Waals surface area contributed by atoms with Crippen molar-refractivity contribution in [2.75, 3.05) is 12.3 Å². The topological polar surface area (TPSA) is 144 Å². The van der Waals surface area contributed by atoms with E-state index in [1.165, 1.54) is 0 Å². The number of carbonyl (C=O) groups is 1. The Morgan fingerprint density at radius 1 is 1.33 bits per heavy atom. The summed E-state index contributed by atoms with van der Waals surface area (Å²) in [4.78, 5) is 9.91. The number of carboxylic acids is 1. The number of benzene rings is 1. The van der Waals surface area contributed by atoms with Crippen molar-refractivity contribution in [1.29, 1.82) is 0 Å². The molecule has 118 valence electrons. The highest BCUT2D eigenvalue weighted by Gasteiger charge is 2.25. The molecule has 4 N–H and O–H groups in total. The first-order valence-corrected chi connectivity index (χ1v) is 9.15. The van der Waals surface area contributed by atoms with E-state index in [-0.39, 0.29) is 4.47 Å². The molecule has 0 spiro atoms. The van der Waals surface area contributed by atoms with Crippen molar-refractivity contribution in [3.8, 4) is 0 Å². The second-order valence-electron chi connectivity index (χ2n) is 3.84. The minimum Gasteiger partial charge on any atom is -0.478 e. The first-order chi connectivity index (χ1) is 9.44. The van der Waals surface area contributed by atoms with Gasteiger partial charge in [-0.2, -0.15) is 0 Å². The molecule has 1 rings (SSSR count).